The van der Waals surface area contributed by atoms with Crippen LogP contribution in [-0.4, -0.2) is 47.3 Å². The third kappa shape index (κ3) is 5.18. The number of anilines is 1. The number of hydrogen-bond donors (Lipinski definition) is 2. The molecule has 0 bridgehead atoms. The maximum Gasteiger partial charge on any atom is 0.269 e. The summed E-state index contributed by atoms with van der Waals surface area (Å²) in [5, 5.41) is 16.6. The number of nitrogens with one attached hydrogen (secondary N) is 2. The Labute approximate surface area is 153 Å². The maximum absolute atomic E-state index is 12.5. The average Bonchev–Trinajstić information content (AvgIpc) is 2.64. The number of hydrogen-bond acceptors (Lipinski definition) is 5. The highest BCUT2D eigenvalue weighted by molar-refractivity contribution is 5.88. The molecule has 1 aromatic rings. The number of nitro benzene ring substituents is 1. The summed E-state index contributed by atoms with van der Waals surface area (Å²) in [5.74, 6) is -0.217. The fraction of sp³-hybridized carbons (Fsp3) is 0.556. The van der Waals surface area contributed by atoms with Gasteiger partial charge in [-0.15, -0.1) is 0 Å². The van der Waals surface area contributed by atoms with Gasteiger partial charge in [0.1, 0.15) is 6.04 Å². The predicted octanol–water partition coefficient (Wildman–Crippen LogP) is 2.16. The molecule has 1 aliphatic heterocycles. The van der Waals surface area contributed by atoms with Crippen LogP contribution in [0.25, 0.3) is 0 Å². The van der Waals surface area contributed by atoms with E-state index >= 15 is 0 Å². The van der Waals surface area contributed by atoms with Crippen LogP contribution in [0.1, 0.15) is 33.1 Å². The number of nitro groups is 1. The van der Waals surface area contributed by atoms with Gasteiger partial charge >= 0.3 is 0 Å². The largest absolute Gasteiger partial charge is 0.383 e. The van der Waals surface area contributed by atoms with Crippen molar-refractivity contribution >= 4 is 23.2 Å². The maximum atomic E-state index is 12.5. The fourth-order valence-electron chi connectivity index (χ4n) is 3.01. The zero-order valence-corrected chi connectivity index (χ0v) is 15.2. The lowest BCUT2D eigenvalue weighted by molar-refractivity contribution is -0.384. The molecular formula is C18H26N4O4. The second-order valence-corrected chi connectivity index (χ2v) is 6.72. The van der Waals surface area contributed by atoms with Gasteiger partial charge in [-0.1, -0.05) is 13.8 Å². The molecule has 142 valence electrons. The van der Waals surface area contributed by atoms with E-state index in [0.717, 1.165) is 18.5 Å². The van der Waals surface area contributed by atoms with Crippen LogP contribution >= 0.6 is 0 Å². The van der Waals surface area contributed by atoms with Crippen molar-refractivity contribution in [2.75, 3.05) is 25.0 Å². The number of amides is 2. The smallest absolute Gasteiger partial charge is 0.269 e. The van der Waals surface area contributed by atoms with E-state index in [9.17, 15) is 19.7 Å². The molecule has 8 heteroatoms. The molecule has 1 heterocycles. The molecule has 1 saturated heterocycles. The van der Waals surface area contributed by atoms with Crippen molar-refractivity contribution in [2.45, 2.75) is 39.2 Å². The van der Waals surface area contributed by atoms with Crippen molar-refractivity contribution in [3.63, 3.8) is 0 Å². The number of non-ortho nitro benzene ring substituents is 1. The highest BCUT2D eigenvalue weighted by Crippen LogP contribution is 2.19. The summed E-state index contributed by atoms with van der Waals surface area (Å²) in [5.41, 5.74) is 0.787. The van der Waals surface area contributed by atoms with Crippen LogP contribution in [0.4, 0.5) is 11.4 Å². The minimum Gasteiger partial charge on any atom is -0.383 e. The van der Waals surface area contributed by atoms with Gasteiger partial charge in [0.05, 0.1) is 4.92 Å². The van der Waals surface area contributed by atoms with Crippen molar-refractivity contribution in [1.29, 1.82) is 0 Å². The Bertz CT molecular complexity index is 645. The first-order valence-corrected chi connectivity index (χ1v) is 8.96. The average molecular weight is 362 g/mol. The summed E-state index contributed by atoms with van der Waals surface area (Å²) >= 11 is 0. The molecule has 0 aliphatic carbocycles. The van der Waals surface area contributed by atoms with Gasteiger partial charge in [-0.25, -0.2) is 0 Å². The molecular weight excluding hydrogens is 336 g/mol. The van der Waals surface area contributed by atoms with Crippen LogP contribution in [-0.2, 0) is 9.59 Å². The zero-order valence-electron chi connectivity index (χ0n) is 15.2. The van der Waals surface area contributed by atoms with Gasteiger partial charge in [-0.05, 0) is 31.4 Å². The quantitative estimate of drug-likeness (QED) is 0.439. The molecule has 2 amide bonds. The predicted molar refractivity (Wildman–Crippen MR) is 98.8 cm³/mol. The summed E-state index contributed by atoms with van der Waals surface area (Å²) in [6.07, 6.45) is 2.57. The third-order valence-electron chi connectivity index (χ3n) is 4.41. The second kappa shape index (κ2) is 9.17. The number of carbonyl (C=O) groups is 2. The van der Waals surface area contributed by atoms with Gasteiger partial charge in [-0.2, -0.15) is 0 Å². The SMILES string of the molecule is CC(C)C(=O)N1CCCCC1C(=O)NCCNc1ccc([N+](=O)[O-])cc1. The van der Waals surface area contributed by atoms with Gasteiger partial charge in [0.25, 0.3) is 5.69 Å². The normalized spacial score (nSPS) is 17.0. The van der Waals surface area contributed by atoms with E-state index in [4.69, 9.17) is 0 Å². The molecule has 1 aliphatic rings. The highest BCUT2D eigenvalue weighted by Gasteiger charge is 2.32. The number of nitrogens with zero attached hydrogens (tertiary/aromatic N) is 2. The summed E-state index contributed by atoms with van der Waals surface area (Å²) in [4.78, 5) is 36.6. The lowest BCUT2D eigenvalue weighted by atomic mass is 9.99. The monoisotopic (exact) mass is 362 g/mol. The van der Waals surface area contributed by atoms with Crippen molar-refractivity contribution in [3.05, 3.63) is 34.4 Å². The lowest BCUT2D eigenvalue weighted by Gasteiger charge is -2.35. The molecule has 1 fully saturated rings. The minimum atomic E-state index is -0.446. The number of carbonyl (C=O) groups excluding carboxylic acids is 2. The third-order valence-corrected chi connectivity index (χ3v) is 4.41. The standard InChI is InChI=1S/C18H26N4O4/c1-13(2)18(24)21-12-4-3-5-16(21)17(23)20-11-10-19-14-6-8-15(9-7-14)22(25)26/h6-9,13,16,19H,3-5,10-12H2,1-2H3,(H,20,23). The number of benzene rings is 1. The van der Waals surface area contributed by atoms with E-state index in [1.807, 2.05) is 13.8 Å². The number of rotatable bonds is 7. The first-order chi connectivity index (χ1) is 12.4. The fourth-order valence-corrected chi connectivity index (χ4v) is 3.01. The molecule has 0 aromatic heterocycles. The first-order valence-electron chi connectivity index (χ1n) is 8.96. The van der Waals surface area contributed by atoms with Gasteiger partial charge in [0, 0.05) is 43.4 Å². The molecule has 1 unspecified atom stereocenters. The molecule has 0 radical (unpaired) electrons. The Morgan fingerprint density at radius 2 is 1.92 bits per heavy atom. The molecule has 2 N–H and O–H groups in total. The van der Waals surface area contributed by atoms with Crippen molar-refractivity contribution in [2.24, 2.45) is 5.92 Å². The van der Waals surface area contributed by atoms with E-state index in [1.54, 1.807) is 17.0 Å². The van der Waals surface area contributed by atoms with Gasteiger partial charge in [0.2, 0.25) is 11.8 Å². The first kappa shape index (κ1) is 19.7. The van der Waals surface area contributed by atoms with Gasteiger partial charge < -0.3 is 15.5 Å². The highest BCUT2D eigenvalue weighted by atomic mass is 16.6. The molecule has 2 rings (SSSR count). The van der Waals surface area contributed by atoms with Gasteiger partial charge in [-0.3, -0.25) is 19.7 Å². The van der Waals surface area contributed by atoms with Crippen LogP contribution in [0.3, 0.4) is 0 Å². The van der Waals surface area contributed by atoms with E-state index in [-0.39, 0.29) is 23.4 Å². The Hall–Kier alpha value is -2.64. The molecule has 0 spiro atoms. The minimum absolute atomic E-state index is 0.0221. The van der Waals surface area contributed by atoms with Crippen molar-refractivity contribution < 1.29 is 14.5 Å². The summed E-state index contributed by atoms with van der Waals surface area (Å²) in [6.45, 7) is 5.24. The van der Waals surface area contributed by atoms with Crippen molar-refractivity contribution in [1.82, 2.24) is 10.2 Å². The topological polar surface area (TPSA) is 105 Å². The van der Waals surface area contributed by atoms with Crippen LogP contribution < -0.4 is 10.6 Å². The van der Waals surface area contributed by atoms with E-state index < -0.39 is 11.0 Å². The number of likely N-dealkylation sites (tertiary alicyclic amines) is 1. The van der Waals surface area contributed by atoms with Crippen molar-refractivity contribution in [3.8, 4) is 0 Å². The van der Waals surface area contributed by atoms with E-state index in [1.165, 1.54) is 12.1 Å². The zero-order chi connectivity index (χ0) is 19.1. The van der Waals surface area contributed by atoms with Crippen LogP contribution in [0.2, 0.25) is 0 Å². The van der Waals surface area contributed by atoms with E-state index in [0.29, 0.717) is 26.1 Å². The van der Waals surface area contributed by atoms with Crippen LogP contribution in [0, 0.1) is 16.0 Å². The summed E-state index contributed by atoms with van der Waals surface area (Å²) < 4.78 is 0. The van der Waals surface area contributed by atoms with Gasteiger partial charge in [0.15, 0.2) is 0 Å². The number of piperidine rings is 1. The summed E-state index contributed by atoms with van der Waals surface area (Å²) in [7, 11) is 0. The lowest BCUT2D eigenvalue weighted by Crippen LogP contribution is -2.53. The van der Waals surface area contributed by atoms with Crippen LogP contribution in [0.15, 0.2) is 24.3 Å². The van der Waals surface area contributed by atoms with E-state index in [2.05, 4.69) is 10.6 Å². The molecule has 1 atom stereocenters. The summed E-state index contributed by atoms with van der Waals surface area (Å²) in [6, 6.07) is 5.73. The Balaban J connectivity index is 1.80. The molecule has 8 nitrogen and oxygen atoms in total. The Morgan fingerprint density at radius 3 is 2.54 bits per heavy atom. The Morgan fingerprint density at radius 1 is 1.23 bits per heavy atom. The second-order valence-electron chi connectivity index (χ2n) is 6.72. The molecule has 0 saturated carbocycles. The molecule has 26 heavy (non-hydrogen) atoms. The molecule has 1 aromatic carbocycles. The Kier molecular flexibility index (Phi) is 6.94. The van der Waals surface area contributed by atoms with Crippen LogP contribution in [0.5, 0.6) is 0 Å².